The van der Waals surface area contributed by atoms with Crippen LogP contribution in [0.5, 0.6) is 5.75 Å². The first kappa shape index (κ1) is 21.7. The standard InChI is InChI=1S/C22H18AsF4N2O2/c24-18-5-1-15(2-6-18)20-13-17(14-21(28-20)29-9-11-30-12-10-29)23-16-3-7-19(8-4-16)31-22(25,26)27/h1-8,13-14H,9-12H2. The Morgan fingerprint density at radius 1 is 0.903 bits per heavy atom. The van der Waals surface area contributed by atoms with Gasteiger partial charge in [0.1, 0.15) is 0 Å². The quantitative estimate of drug-likeness (QED) is 0.404. The second-order valence-corrected chi connectivity index (χ2v) is 9.46. The summed E-state index contributed by atoms with van der Waals surface area (Å²) in [6, 6.07) is 16.1. The summed E-state index contributed by atoms with van der Waals surface area (Å²) in [5, 5.41) is 0. The minimum atomic E-state index is -4.71. The monoisotopic (exact) mass is 493 g/mol. The molecule has 0 unspecified atom stereocenters. The van der Waals surface area contributed by atoms with Crippen LogP contribution in [0.25, 0.3) is 11.3 Å². The molecule has 4 rings (SSSR count). The van der Waals surface area contributed by atoms with Crippen molar-refractivity contribution in [3.8, 4) is 17.0 Å². The Balaban J connectivity index is 1.62. The average molecular weight is 493 g/mol. The normalized spacial score (nSPS) is 14.9. The molecule has 2 heterocycles. The SMILES string of the molecule is Fc1ccc(-c2cc([As]c3ccc(OC(F)(F)F)cc3)cc(N3CCOCC3)n2)cc1. The van der Waals surface area contributed by atoms with Gasteiger partial charge in [-0.2, -0.15) is 0 Å². The number of alkyl halides is 3. The third kappa shape index (κ3) is 5.99. The fourth-order valence-corrected chi connectivity index (χ4v) is 5.18. The van der Waals surface area contributed by atoms with E-state index in [9.17, 15) is 17.6 Å². The molecule has 161 valence electrons. The first-order chi connectivity index (χ1) is 14.9. The van der Waals surface area contributed by atoms with E-state index in [0.717, 1.165) is 38.9 Å². The summed E-state index contributed by atoms with van der Waals surface area (Å²) in [5.41, 5.74) is 1.53. The zero-order valence-electron chi connectivity index (χ0n) is 16.3. The molecule has 0 aliphatic carbocycles. The molecule has 1 radical (unpaired) electrons. The van der Waals surface area contributed by atoms with Crippen LogP contribution in [0, 0.1) is 5.82 Å². The van der Waals surface area contributed by atoms with Crippen molar-refractivity contribution in [2.24, 2.45) is 0 Å². The Morgan fingerprint density at radius 3 is 2.23 bits per heavy atom. The fourth-order valence-electron chi connectivity index (χ4n) is 3.16. The van der Waals surface area contributed by atoms with Crippen LogP contribution in [0.1, 0.15) is 0 Å². The third-order valence-electron chi connectivity index (χ3n) is 4.60. The van der Waals surface area contributed by atoms with Gasteiger partial charge in [-0.25, -0.2) is 0 Å². The number of halogens is 4. The van der Waals surface area contributed by atoms with Crippen molar-refractivity contribution in [1.82, 2.24) is 4.98 Å². The number of benzene rings is 2. The summed E-state index contributed by atoms with van der Waals surface area (Å²) in [6.45, 7) is 2.68. The second kappa shape index (κ2) is 9.28. The van der Waals surface area contributed by atoms with E-state index in [4.69, 9.17) is 9.72 Å². The Labute approximate surface area is 183 Å². The molecule has 3 aromatic rings. The van der Waals surface area contributed by atoms with E-state index in [1.54, 1.807) is 24.3 Å². The van der Waals surface area contributed by atoms with Crippen LogP contribution in [0.15, 0.2) is 60.7 Å². The van der Waals surface area contributed by atoms with Crippen molar-refractivity contribution in [3.05, 3.63) is 66.5 Å². The topological polar surface area (TPSA) is 34.6 Å². The van der Waals surface area contributed by atoms with Gasteiger partial charge < -0.3 is 0 Å². The van der Waals surface area contributed by atoms with E-state index in [-0.39, 0.29) is 11.6 Å². The number of hydrogen-bond acceptors (Lipinski definition) is 4. The van der Waals surface area contributed by atoms with Crippen LogP contribution >= 0.6 is 0 Å². The van der Waals surface area contributed by atoms with Crippen LogP contribution in [0.3, 0.4) is 0 Å². The number of nitrogens with zero attached hydrogens (tertiary/aromatic N) is 2. The van der Waals surface area contributed by atoms with Gasteiger partial charge in [-0.1, -0.05) is 0 Å². The zero-order chi connectivity index (χ0) is 21.8. The second-order valence-electron chi connectivity index (χ2n) is 6.83. The van der Waals surface area contributed by atoms with Crippen LogP contribution in [-0.4, -0.2) is 53.4 Å². The number of hydrogen-bond donors (Lipinski definition) is 0. The summed E-state index contributed by atoms with van der Waals surface area (Å²) >= 11 is -0.507. The number of ether oxygens (including phenoxy) is 2. The molecule has 0 saturated carbocycles. The van der Waals surface area contributed by atoms with E-state index in [2.05, 4.69) is 9.64 Å². The maximum atomic E-state index is 13.4. The van der Waals surface area contributed by atoms with Crippen molar-refractivity contribution < 1.29 is 27.0 Å². The molecule has 0 N–H and O–H groups in total. The number of rotatable bonds is 5. The number of aromatic nitrogens is 1. The average Bonchev–Trinajstić information content (AvgIpc) is 2.75. The van der Waals surface area contributed by atoms with Crippen molar-refractivity contribution in [3.63, 3.8) is 0 Å². The molecule has 1 saturated heterocycles. The first-order valence-electron chi connectivity index (χ1n) is 9.54. The molecule has 4 nitrogen and oxygen atoms in total. The first-order valence-corrected chi connectivity index (χ1v) is 11.4. The van der Waals surface area contributed by atoms with E-state index < -0.39 is 22.1 Å². The number of morpholine rings is 1. The molecule has 1 aliphatic heterocycles. The third-order valence-corrected chi connectivity index (χ3v) is 6.85. The fraction of sp³-hybridized carbons (Fsp3) is 0.227. The molecule has 2 aromatic carbocycles. The Kier molecular flexibility index (Phi) is 6.48. The summed E-state index contributed by atoms with van der Waals surface area (Å²) in [7, 11) is 0. The zero-order valence-corrected chi connectivity index (χ0v) is 18.1. The molecule has 0 atom stereocenters. The molecule has 9 heteroatoms. The summed E-state index contributed by atoms with van der Waals surface area (Å²) in [5.74, 6) is 0.251. The van der Waals surface area contributed by atoms with Crippen LogP contribution in [-0.2, 0) is 4.74 Å². The van der Waals surface area contributed by atoms with Gasteiger partial charge in [0.2, 0.25) is 0 Å². The van der Waals surface area contributed by atoms with E-state index >= 15 is 0 Å². The van der Waals surface area contributed by atoms with Crippen molar-refractivity contribution in [2.75, 3.05) is 31.2 Å². The molecule has 31 heavy (non-hydrogen) atoms. The Hall–Kier alpha value is -2.57. The van der Waals surface area contributed by atoms with Crippen molar-refractivity contribution in [1.29, 1.82) is 0 Å². The van der Waals surface area contributed by atoms with Gasteiger partial charge in [0.25, 0.3) is 0 Å². The van der Waals surface area contributed by atoms with E-state index in [1.165, 1.54) is 24.3 Å². The molecule has 0 amide bonds. The van der Waals surface area contributed by atoms with Crippen molar-refractivity contribution >= 4 is 30.3 Å². The molecule has 1 aliphatic rings. The number of anilines is 1. The summed E-state index contributed by atoms with van der Waals surface area (Å²) in [4.78, 5) is 6.91. The van der Waals surface area contributed by atoms with Gasteiger partial charge in [-0.3, -0.25) is 0 Å². The van der Waals surface area contributed by atoms with E-state index in [0.29, 0.717) is 13.2 Å². The van der Waals surface area contributed by atoms with Gasteiger partial charge >= 0.3 is 183 Å². The molecular formula is C22H18AsF4N2O2. The van der Waals surface area contributed by atoms with Gasteiger partial charge in [-0.15, -0.1) is 0 Å². The minimum absolute atomic E-state index is 0.242. The van der Waals surface area contributed by atoms with Crippen molar-refractivity contribution in [2.45, 2.75) is 6.36 Å². The van der Waals surface area contributed by atoms with E-state index in [1.807, 2.05) is 12.1 Å². The molecular weight excluding hydrogens is 475 g/mol. The van der Waals surface area contributed by atoms with Gasteiger partial charge in [0.15, 0.2) is 0 Å². The summed E-state index contributed by atoms with van der Waals surface area (Å²) in [6.07, 6.45) is -4.71. The Morgan fingerprint density at radius 2 is 1.58 bits per heavy atom. The van der Waals surface area contributed by atoms with Gasteiger partial charge in [0.05, 0.1) is 0 Å². The predicted octanol–water partition coefficient (Wildman–Crippen LogP) is 3.28. The predicted molar refractivity (Wildman–Crippen MR) is 111 cm³/mol. The molecule has 0 bridgehead atoms. The Bertz CT molecular complexity index is 1020. The molecule has 0 spiro atoms. The van der Waals surface area contributed by atoms with Crippen LogP contribution in [0.2, 0.25) is 0 Å². The molecule has 1 aromatic heterocycles. The summed E-state index contributed by atoms with van der Waals surface area (Å²) < 4.78 is 61.8. The number of pyridine rings is 1. The van der Waals surface area contributed by atoms with Crippen LogP contribution < -0.4 is 18.3 Å². The molecule has 1 fully saturated rings. The van der Waals surface area contributed by atoms with Gasteiger partial charge in [0, 0.05) is 0 Å². The van der Waals surface area contributed by atoms with Gasteiger partial charge in [-0.05, 0) is 0 Å². The maximum absolute atomic E-state index is 13.4. The van der Waals surface area contributed by atoms with Crippen LogP contribution in [0.4, 0.5) is 23.4 Å².